The molecule has 4 nitrogen and oxygen atoms in total. The lowest BCUT2D eigenvalue weighted by Crippen LogP contribution is -1.84. The van der Waals surface area contributed by atoms with Crippen LogP contribution in [-0.4, -0.2) is 19.7 Å². The van der Waals surface area contributed by atoms with Crippen molar-refractivity contribution in [2.24, 2.45) is 0 Å². The third kappa shape index (κ3) is 2.43. The van der Waals surface area contributed by atoms with Crippen LogP contribution in [0.5, 0.6) is 5.75 Å². The first-order chi connectivity index (χ1) is 9.24. The first kappa shape index (κ1) is 12.1. The van der Waals surface area contributed by atoms with Gasteiger partial charge in [0.1, 0.15) is 5.75 Å². The molecule has 0 saturated heterocycles. The second-order valence-electron chi connectivity index (χ2n) is 3.86. The van der Waals surface area contributed by atoms with Crippen molar-refractivity contribution < 1.29 is 5.11 Å². The van der Waals surface area contributed by atoms with Crippen molar-refractivity contribution in [1.82, 2.24) is 14.6 Å². The fourth-order valence-electron chi connectivity index (χ4n) is 1.68. The molecule has 0 radical (unpaired) electrons. The van der Waals surface area contributed by atoms with Gasteiger partial charge in [0.05, 0.1) is 21.9 Å². The molecule has 0 bridgehead atoms. The van der Waals surface area contributed by atoms with Crippen LogP contribution in [0.1, 0.15) is 11.4 Å². The standard InChI is InChI=1S/C13H8ClN3OS/c14-13-10-4-3-8(1-2-9-7-19-17-16-9)15-11(10)5-6-12(13)18/h1-7,18H/b2-1+. The van der Waals surface area contributed by atoms with Crippen LogP contribution in [0.2, 0.25) is 5.02 Å². The van der Waals surface area contributed by atoms with E-state index in [4.69, 9.17) is 11.6 Å². The number of halogens is 1. The summed E-state index contributed by atoms with van der Waals surface area (Å²) in [5.41, 5.74) is 2.33. The SMILES string of the molecule is Oc1ccc2nc(/C=C/c3csnn3)ccc2c1Cl. The number of rotatable bonds is 2. The van der Waals surface area contributed by atoms with Crippen LogP contribution in [0.4, 0.5) is 0 Å². The largest absolute Gasteiger partial charge is 0.506 e. The number of pyridine rings is 1. The van der Waals surface area contributed by atoms with Crippen molar-refractivity contribution in [3.05, 3.63) is 46.1 Å². The molecular formula is C13H8ClN3OS. The zero-order valence-electron chi connectivity index (χ0n) is 9.62. The lowest BCUT2D eigenvalue weighted by atomic mass is 10.2. The minimum atomic E-state index is 0.0628. The summed E-state index contributed by atoms with van der Waals surface area (Å²) in [5.74, 6) is 0.0628. The molecule has 0 atom stereocenters. The number of benzene rings is 1. The molecular weight excluding hydrogens is 282 g/mol. The smallest absolute Gasteiger partial charge is 0.134 e. The fourth-order valence-corrected chi connectivity index (χ4v) is 2.33. The molecule has 0 aliphatic rings. The van der Waals surface area contributed by atoms with E-state index in [2.05, 4.69) is 14.6 Å². The number of hydrogen-bond acceptors (Lipinski definition) is 5. The highest BCUT2D eigenvalue weighted by Crippen LogP contribution is 2.31. The summed E-state index contributed by atoms with van der Waals surface area (Å²) >= 11 is 7.31. The van der Waals surface area contributed by atoms with Crippen molar-refractivity contribution in [2.75, 3.05) is 0 Å². The van der Waals surface area contributed by atoms with Crippen molar-refractivity contribution in [1.29, 1.82) is 0 Å². The van der Waals surface area contributed by atoms with Crippen molar-refractivity contribution in [3.8, 4) is 5.75 Å². The van der Waals surface area contributed by atoms with E-state index in [1.165, 1.54) is 17.6 Å². The van der Waals surface area contributed by atoms with Gasteiger partial charge in [-0.1, -0.05) is 16.1 Å². The quantitative estimate of drug-likeness (QED) is 0.783. The Labute approximate surface area is 118 Å². The van der Waals surface area contributed by atoms with Crippen LogP contribution in [-0.2, 0) is 0 Å². The van der Waals surface area contributed by atoms with Crippen LogP contribution >= 0.6 is 23.1 Å². The lowest BCUT2D eigenvalue weighted by molar-refractivity contribution is 0.476. The van der Waals surface area contributed by atoms with Crippen LogP contribution in [0.15, 0.2) is 29.6 Å². The molecule has 0 aliphatic carbocycles. The summed E-state index contributed by atoms with van der Waals surface area (Å²) in [6, 6.07) is 6.95. The number of nitrogens with zero attached hydrogens (tertiary/aromatic N) is 3. The molecule has 0 unspecified atom stereocenters. The number of aromatic nitrogens is 3. The average Bonchev–Trinajstić information content (AvgIpc) is 2.94. The summed E-state index contributed by atoms with van der Waals surface area (Å²) in [7, 11) is 0. The maximum Gasteiger partial charge on any atom is 0.134 e. The molecule has 2 heterocycles. The highest BCUT2D eigenvalue weighted by atomic mass is 35.5. The van der Waals surface area contributed by atoms with E-state index in [-0.39, 0.29) is 5.75 Å². The maximum atomic E-state index is 9.53. The summed E-state index contributed by atoms with van der Waals surface area (Å²) in [4.78, 5) is 4.45. The Hall–Kier alpha value is -1.98. The molecule has 0 spiro atoms. The summed E-state index contributed by atoms with van der Waals surface area (Å²) in [6.45, 7) is 0. The van der Waals surface area contributed by atoms with E-state index >= 15 is 0 Å². The normalized spacial score (nSPS) is 11.4. The van der Waals surface area contributed by atoms with Crippen LogP contribution in [0.25, 0.3) is 23.1 Å². The Morgan fingerprint density at radius 2 is 1.95 bits per heavy atom. The third-order valence-electron chi connectivity index (χ3n) is 2.61. The molecule has 3 rings (SSSR count). The van der Waals surface area contributed by atoms with Crippen LogP contribution < -0.4 is 0 Å². The van der Waals surface area contributed by atoms with Gasteiger partial charge >= 0.3 is 0 Å². The maximum absolute atomic E-state index is 9.53. The fraction of sp³-hybridized carbons (Fsp3) is 0. The molecule has 0 fully saturated rings. The number of hydrogen-bond donors (Lipinski definition) is 1. The molecule has 3 aromatic rings. The van der Waals surface area contributed by atoms with Gasteiger partial charge in [0, 0.05) is 10.8 Å². The van der Waals surface area contributed by atoms with E-state index in [0.29, 0.717) is 5.02 Å². The number of phenolic OH excluding ortho intramolecular Hbond substituents is 1. The molecule has 0 amide bonds. The lowest BCUT2D eigenvalue weighted by Gasteiger charge is -2.03. The average molecular weight is 290 g/mol. The predicted molar refractivity (Wildman–Crippen MR) is 77.3 cm³/mol. The zero-order valence-corrected chi connectivity index (χ0v) is 11.2. The van der Waals surface area contributed by atoms with Gasteiger partial charge in [-0.15, -0.1) is 5.10 Å². The molecule has 0 aliphatic heterocycles. The molecule has 1 aromatic carbocycles. The Bertz CT molecular complexity index is 756. The minimum Gasteiger partial charge on any atom is -0.506 e. The van der Waals surface area contributed by atoms with Crippen LogP contribution in [0.3, 0.4) is 0 Å². The van der Waals surface area contributed by atoms with Gasteiger partial charge < -0.3 is 5.11 Å². The van der Waals surface area contributed by atoms with E-state index in [1.807, 2.05) is 29.7 Å². The second-order valence-corrected chi connectivity index (χ2v) is 4.85. The molecule has 19 heavy (non-hydrogen) atoms. The highest BCUT2D eigenvalue weighted by molar-refractivity contribution is 7.03. The van der Waals surface area contributed by atoms with Gasteiger partial charge in [-0.2, -0.15) is 0 Å². The topological polar surface area (TPSA) is 58.9 Å². The van der Waals surface area contributed by atoms with Crippen molar-refractivity contribution in [3.63, 3.8) is 0 Å². The highest BCUT2D eigenvalue weighted by Gasteiger charge is 2.05. The van der Waals surface area contributed by atoms with E-state index in [0.717, 1.165) is 22.3 Å². The summed E-state index contributed by atoms with van der Waals surface area (Å²) in [5, 5.41) is 16.4. The molecule has 94 valence electrons. The van der Waals surface area contributed by atoms with E-state index in [1.54, 1.807) is 6.07 Å². The summed E-state index contributed by atoms with van der Waals surface area (Å²) < 4.78 is 3.78. The van der Waals surface area contributed by atoms with Crippen molar-refractivity contribution in [2.45, 2.75) is 0 Å². The monoisotopic (exact) mass is 289 g/mol. The Morgan fingerprint density at radius 1 is 1.11 bits per heavy atom. The minimum absolute atomic E-state index is 0.0628. The van der Waals surface area contributed by atoms with Crippen molar-refractivity contribution >= 4 is 46.2 Å². The zero-order chi connectivity index (χ0) is 13.2. The van der Waals surface area contributed by atoms with Gasteiger partial charge in [-0.05, 0) is 47.9 Å². The Balaban J connectivity index is 2.01. The first-order valence-electron chi connectivity index (χ1n) is 5.47. The molecule has 1 N–H and O–H groups in total. The molecule has 0 saturated carbocycles. The predicted octanol–water partition coefficient (Wildman–Crippen LogP) is 3.62. The second kappa shape index (κ2) is 4.95. The Kier molecular flexibility index (Phi) is 3.15. The molecule has 6 heteroatoms. The van der Waals surface area contributed by atoms with E-state index in [9.17, 15) is 5.11 Å². The van der Waals surface area contributed by atoms with Gasteiger partial charge in [0.2, 0.25) is 0 Å². The van der Waals surface area contributed by atoms with E-state index < -0.39 is 0 Å². The number of fused-ring (bicyclic) bond motifs is 1. The third-order valence-corrected chi connectivity index (χ3v) is 3.53. The Morgan fingerprint density at radius 3 is 2.74 bits per heavy atom. The first-order valence-corrected chi connectivity index (χ1v) is 6.69. The summed E-state index contributed by atoms with van der Waals surface area (Å²) in [6.07, 6.45) is 3.70. The van der Waals surface area contributed by atoms with Gasteiger partial charge in [0.25, 0.3) is 0 Å². The van der Waals surface area contributed by atoms with Gasteiger partial charge in [-0.25, -0.2) is 4.98 Å². The van der Waals surface area contributed by atoms with Crippen LogP contribution in [0, 0.1) is 0 Å². The number of aromatic hydroxyl groups is 1. The van der Waals surface area contributed by atoms with Gasteiger partial charge in [0.15, 0.2) is 0 Å². The molecule has 2 aromatic heterocycles. The van der Waals surface area contributed by atoms with Gasteiger partial charge in [-0.3, -0.25) is 0 Å². The number of phenols is 1.